The van der Waals surface area contributed by atoms with Gasteiger partial charge in [0.1, 0.15) is 17.0 Å². The molecule has 1 fully saturated rings. The summed E-state index contributed by atoms with van der Waals surface area (Å²) in [4.78, 5) is 16.8. The van der Waals surface area contributed by atoms with E-state index in [0.29, 0.717) is 5.69 Å². The SMILES string of the molecule is N#Cc1ccc(N2CC(S(=O)(=O)Cl)CC2=O)cn1. The molecule has 1 unspecified atom stereocenters. The number of amides is 1. The van der Waals surface area contributed by atoms with Crippen LogP contribution in [0.4, 0.5) is 5.69 Å². The van der Waals surface area contributed by atoms with E-state index in [1.165, 1.54) is 17.2 Å². The lowest BCUT2D eigenvalue weighted by Gasteiger charge is -2.15. The molecule has 0 aromatic carbocycles. The van der Waals surface area contributed by atoms with Gasteiger partial charge in [0.2, 0.25) is 15.0 Å². The molecule has 2 rings (SSSR count). The third-order valence-electron chi connectivity index (χ3n) is 2.66. The molecule has 1 aliphatic rings. The Hall–Kier alpha value is -1.65. The fourth-order valence-corrected chi connectivity index (χ4v) is 2.75. The standard InChI is InChI=1S/C10H8ClN3O3S/c11-18(16,17)9-3-10(15)14(6-9)8-2-1-7(4-12)13-5-8/h1-2,5,9H,3,6H2. The maximum absolute atomic E-state index is 11.7. The minimum atomic E-state index is -3.75. The number of carbonyl (C=O) groups is 1. The molecule has 1 atom stereocenters. The van der Waals surface area contributed by atoms with E-state index in [-0.39, 0.29) is 24.6 Å². The Balaban J connectivity index is 2.25. The monoisotopic (exact) mass is 285 g/mol. The quantitative estimate of drug-likeness (QED) is 0.743. The molecule has 18 heavy (non-hydrogen) atoms. The number of pyridine rings is 1. The van der Waals surface area contributed by atoms with Crippen molar-refractivity contribution in [2.45, 2.75) is 11.7 Å². The predicted molar refractivity (Wildman–Crippen MR) is 64.5 cm³/mol. The number of anilines is 1. The van der Waals surface area contributed by atoms with Gasteiger partial charge in [-0.05, 0) is 12.1 Å². The number of nitriles is 1. The summed E-state index contributed by atoms with van der Waals surface area (Å²) in [5.41, 5.74) is 0.689. The molecule has 1 aromatic heterocycles. The first kappa shape index (κ1) is 12.8. The summed E-state index contributed by atoms with van der Waals surface area (Å²) in [6, 6.07) is 4.87. The van der Waals surface area contributed by atoms with Gasteiger partial charge in [-0.15, -0.1) is 0 Å². The molecule has 0 N–H and O–H groups in total. The summed E-state index contributed by atoms with van der Waals surface area (Å²) in [5.74, 6) is -0.323. The first-order valence-electron chi connectivity index (χ1n) is 5.02. The average Bonchev–Trinajstić information content (AvgIpc) is 2.71. The van der Waals surface area contributed by atoms with Gasteiger partial charge in [0.05, 0.1) is 11.9 Å². The van der Waals surface area contributed by atoms with E-state index < -0.39 is 14.3 Å². The van der Waals surface area contributed by atoms with Gasteiger partial charge < -0.3 is 4.90 Å². The molecule has 1 saturated heterocycles. The second-order valence-corrected chi connectivity index (χ2v) is 6.73. The number of carbonyl (C=O) groups excluding carboxylic acids is 1. The molecular weight excluding hydrogens is 278 g/mol. The largest absolute Gasteiger partial charge is 0.309 e. The summed E-state index contributed by atoms with van der Waals surface area (Å²) in [6.45, 7) is 0.0121. The van der Waals surface area contributed by atoms with Gasteiger partial charge in [-0.25, -0.2) is 13.4 Å². The van der Waals surface area contributed by atoms with Crippen molar-refractivity contribution in [3.63, 3.8) is 0 Å². The van der Waals surface area contributed by atoms with Gasteiger partial charge in [0, 0.05) is 23.6 Å². The van der Waals surface area contributed by atoms with Crippen LogP contribution >= 0.6 is 10.7 Å². The van der Waals surface area contributed by atoms with Gasteiger partial charge in [0.15, 0.2) is 0 Å². The van der Waals surface area contributed by atoms with Crippen LogP contribution in [0.1, 0.15) is 12.1 Å². The van der Waals surface area contributed by atoms with E-state index in [2.05, 4.69) is 4.98 Å². The molecule has 2 heterocycles. The molecule has 0 saturated carbocycles. The molecular formula is C10H8ClN3O3S. The Morgan fingerprint density at radius 2 is 2.22 bits per heavy atom. The zero-order valence-electron chi connectivity index (χ0n) is 9.08. The Bertz CT molecular complexity index is 621. The molecule has 1 aliphatic heterocycles. The molecule has 8 heteroatoms. The van der Waals surface area contributed by atoms with Crippen LogP contribution in [-0.2, 0) is 13.8 Å². The van der Waals surface area contributed by atoms with Gasteiger partial charge >= 0.3 is 0 Å². The molecule has 1 aromatic rings. The summed E-state index contributed by atoms with van der Waals surface area (Å²) in [6.07, 6.45) is 1.23. The van der Waals surface area contributed by atoms with Crippen molar-refractivity contribution < 1.29 is 13.2 Å². The van der Waals surface area contributed by atoms with Crippen molar-refractivity contribution in [3.05, 3.63) is 24.0 Å². The van der Waals surface area contributed by atoms with Gasteiger partial charge in [-0.3, -0.25) is 4.79 Å². The number of rotatable bonds is 2. The fraction of sp³-hybridized carbons (Fsp3) is 0.300. The van der Waals surface area contributed by atoms with Crippen molar-refractivity contribution >= 4 is 31.3 Å². The molecule has 94 valence electrons. The Morgan fingerprint density at radius 3 is 2.67 bits per heavy atom. The zero-order chi connectivity index (χ0) is 13.3. The van der Waals surface area contributed by atoms with Crippen LogP contribution in [0.3, 0.4) is 0 Å². The lowest BCUT2D eigenvalue weighted by atomic mass is 10.3. The lowest BCUT2D eigenvalue weighted by molar-refractivity contribution is -0.117. The normalized spacial score (nSPS) is 19.9. The van der Waals surface area contributed by atoms with Crippen molar-refractivity contribution in [2.75, 3.05) is 11.4 Å². The zero-order valence-corrected chi connectivity index (χ0v) is 10.6. The van der Waals surface area contributed by atoms with E-state index >= 15 is 0 Å². The molecule has 0 aliphatic carbocycles. The maximum atomic E-state index is 11.7. The Morgan fingerprint density at radius 1 is 1.50 bits per heavy atom. The van der Waals surface area contributed by atoms with E-state index in [4.69, 9.17) is 15.9 Å². The highest BCUT2D eigenvalue weighted by atomic mass is 35.7. The summed E-state index contributed by atoms with van der Waals surface area (Å²) in [7, 11) is 1.49. The highest BCUT2D eigenvalue weighted by Gasteiger charge is 2.38. The maximum Gasteiger partial charge on any atom is 0.237 e. The fourth-order valence-electron chi connectivity index (χ4n) is 1.72. The molecule has 1 amide bonds. The minimum Gasteiger partial charge on any atom is -0.309 e. The number of halogens is 1. The third kappa shape index (κ3) is 2.44. The second kappa shape index (κ2) is 4.55. The van der Waals surface area contributed by atoms with Gasteiger partial charge in [-0.1, -0.05) is 0 Å². The molecule has 0 radical (unpaired) electrons. The van der Waals surface area contributed by atoms with Crippen LogP contribution < -0.4 is 4.90 Å². The van der Waals surface area contributed by atoms with Crippen molar-refractivity contribution in [2.24, 2.45) is 0 Å². The van der Waals surface area contributed by atoms with Gasteiger partial charge in [0.25, 0.3) is 0 Å². The van der Waals surface area contributed by atoms with E-state index in [0.717, 1.165) is 0 Å². The Labute approximate surface area is 108 Å². The summed E-state index contributed by atoms with van der Waals surface area (Å²) in [5, 5.41) is 7.70. The average molecular weight is 286 g/mol. The second-order valence-electron chi connectivity index (χ2n) is 3.82. The van der Waals surface area contributed by atoms with Crippen LogP contribution in [0.2, 0.25) is 0 Å². The molecule has 6 nitrogen and oxygen atoms in total. The highest BCUT2D eigenvalue weighted by Crippen LogP contribution is 2.26. The van der Waals surface area contributed by atoms with E-state index in [1.807, 2.05) is 6.07 Å². The predicted octanol–water partition coefficient (Wildman–Crippen LogP) is 0.627. The topological polar surface area (TPSA) is 91.1 Å². The van der Waals surface area contributed by atoms with Crippen molar-refractivity contribution in [1.82, 2.24) is 4.98 Å². The minimum absolute atomic E-state index is 0.0121. The van der Waals surface area contributed by atoms with Crippen molar-refractivity contribution in [1.29, 1.82) is 5.26 Å². The van der Waals surface area contributed by atoms with Crippen LogP contribution in [0.5, 0.6) is 0 Å². The molecule has 0 bridgehead atoms. The third-order valence-corrected chi connectivity index (χ3v) is 4.53. The number of hydrogen-bond acceptors (Lipinski definition) is 5. The number of aromatic nitrogens is 1. The Kier molecular flexibility index (Phi) is 3.24. The summed E-state index contributed by atoms with van der Waals surface area (Å²) < 4.78 is 22.4. The van der Waals surface area contributed by atoms with E-state index in [1.54, 1.807) is 6.07 Å². The highest BCUT2D eigenvalue weighted by molar-refractivity contribution is 8.14. The van der Waals surface area contributed by atoms with Crippen LogP contribution in [-0.4, -0.2) is 31.1 Å². The number of nitrogens with zero attached hydrogens (tertiary/aromatic N) is 3. The summed E-state index contributed by atoms with van der Waals surface area (Å²) >= 11 is 0. The van der Waals surface area contributed by atoms with Crippen molar-refractivity contribution in [3.8, 4) is 6.07 Å². The lowest BCUT2D eigenvalue weighted by Crippen LogP contribution is -2.26. The van der Waals surface area contributed by atoms with Crippen LogP contribution in [0, 0.1) is 11.3 Å². The first-order valence-corrected chi connectivity index (χ1v) is 7.39. The molecule has 0 spiro atoms. The smallest absolute Gasteiger partial charge is 0.237 e. The van der Waals surface area contributed by atoms with Gasteiger partial charge in [-0.2, -0.15) is 5.26 Å². The van der Waals surface area contributed by atoms with Crippen LogP contribution in [0.15, 0.2) is 18.3 Å². The van der Waals surface area contributed by atoms with E-state index in [9.17, 15) is 13.2 Å². The van der Waals surface area contributed by atoms with Crippen LogP contribution in [0.25, 0.3) is 0 Å². The first-order chi connectivity index (χ1) is 8.41. The number of hydrogen-bond donors (Lipinski definition) is 0.